The number of hydrogen-bond acceptors (Lipinski definition) is 7. The molecule has 0 radical (unpaired) electrons. The van der Waals surface area contributed by atoms with E-state index in [4.69, 9.17) is 4.74 Å². The minimum Gasteiger partial charge on any atom is -0.366 e. The predicted molar refractivity (Wildman–Crippen MR) is 80.7 cm³/mol. The van der Waals surface area contributed by atoms with Crippen molar-refractivity contribution in [1.82, 2.24) is 19.6 Å². The average Bonchev–Trinajstić information content (AvgIpc) is 3.04. The molecule has 2 saturated heterocycles. The smallest absolute Gasteiger partial charge is 0.253 e. The van der Waals surface area contributed by atoms with Crippen LogP contribution in [0.4, 0.5) is 5.13 Å². The minimum atomic E-state index is -0.321. The van der Waals surface area contributed by atoms with E-state index in [9.17, 15) is 4.79 Å². The van der Waals surface area contributed by atoms with E-state index in [1.54, 1.807) is 0 Å². The minimum absolute atomic E-state index is 0.105. The summed E-state index contributed by atoms with van der Waals surface area (Å²) in [5.41, 5.74) is 0. The number of aromatic nitrogens is 2. The number of piperazine rings is 1. The Hall–Kier alpha value is -1.25. The fourth-order valence-electron chi connectivity index (χ4n) is 2.56. The quantitative estimate of drug-likeness (QED) is 0.829. The topological polar surface area (TPSA) is 70.6 Å². The Morgan fingerprint density at radius 2 is 2.24 bits per heavy atom. The Labute approximate surface area is 128 Å². The number of nitrogens with zero attached hydrogens (tertiary/aromatic N) is 4. The van der Waals surface area contributed by atoms with Gasteiger partial charge in [0, 0.05) is 57.2 Å². The third kappa shape index (κ3) is 3.33. The van der Waals surface area contributed by atoms with Crippen LogP contribution in [-0.2, 0) is 16.0 Å². The fraction of sp³-hybridized carbons (Fsp3) is 0.769. The van der Waals surface area contributed by atoms with Gasteiger partial charge in [-0.15, -0.1) is 0 Å². The Balaban J connectivity index is 1.53. The van der Waals surface area contributed by atoms with E-state index >= 15 is 0 Å². The highest BCUT2D eigenvalue weighted by molar-refractivity contribution is 7.09. The van der Waals surface area contributed by atoms with Crippen molar-refractivity contribution >= 4 is 22.6 Å². The molecule has 0 aromatic carbocycles. The highest BCUT2D eigenvalue weighted by Gasteiger charge is 2.29. The molecule has 1 amide bonds. The van der Waals surface area contributed by atoms with Crippen LogP contribution in [0.2, 0.25) is 0 Å². The lowest BCUT2D eigenvalue weighted by Gasteiger charge is -2.36. The maximum atomic E-state index is 12.4. The molecule has 116 valence electrons. The van der Waals surface area contributed by atoms with Crippen LogP contribution >= 0.6 is 11.5 Å². The Bertz CT molecular complexity index is 481. The fourth-order valence-corrected chi connectivity index (χ4v) is 3.36. The number of hydrogen-bond donors (Lipinski definition) is 1. The van der Waals surface area contributed by atoms with Crippen LogP contribution in [0.3, 0.4) is 0 Å². The van der Waals surface area contributed by atoms with Crippen molar-refractivity contribution in [2.45, 2.75) is 19.4 Å². The molecule has 1 atom stereocenters. The van der Waals surface area contributed by atoms with Crippen LogP contribution in [0, 0.1) is 0 Å². The summed E-state index contributed by atoms with van der Waals surface area (Å²) in [6, 6.07) is 0. The summed E-state index contributed by atoms with van der Waals surface area (Å²) in [5, 5.41) is 4.17. The van der Waals surface area contributed by atoms with E-state index < -0.39 is 0 Å². The molecule has 0 bridgehead atoms. The van der Waals surface area contributed by atoms with Crippen LogP contribution in [0.25, 0.3) is 0 Å². The molecule has 3 heterocycles. The number of rotatable bonds is 3. The SMILES string of the molecule is CCc1nsc(N2CCN(C(=O)C3CNCCO3)CC2)n1. The molecule has 1 N–H and O–H groups in total. The number of ether oxygens (including phenoxy) is 1. The van der Waals surface area contributed by atoms with Crippen LogP contribution < -0.4 is 10.2 Å². The Kier molecular flexibility index (Phi) is 4.67. The van der Waals surface area contributed by atoms with Crippen LogP contribution in [0.5, 0.6) is 0 Å². The summed E-state index contributed by atoms with van der Waals surface area (Å²) < 4.78 is 9.85. The zero-order chi connectivity index (χ0) is 14.7. The summed E-state index contributed by atoms with van der Waals surface area (Å²) in [4.78, 5) is 21.0. The first kappa shape index (κ1) is 14.7. The summed E-state index contributed by atoms with van der Waals surface area (Å²) in [5.74, 6) is 1.00. The lowest BCUT2D eigenvalue weighted by atomic mass is 10.2. The van der Waals surface area contributed by atoms with E-state index in [1.807, 2.05) is 4.90 Å². The summed E-state index contributed by atoms with van der Waals surface area (Å²) in [6.45, 7) is 7.18. The first-order chi connectivity index (χ1) is 10.3. The molecule has 2 aliphatic rings. The third-order valence-corrected chi connectivity index (χ3v) is 4.65. The lowest BCUT2D eigenvalue weighted by Crippen LogP contribution is -2.55. The molecule has 8 heteroatoms. The largest absolute Gasteiger partial charge is 0.366 e. The normalized spacial score (nSPS) is 23.4. The van der Waals surface area contributed by atoms with Crippen molar-refractivity contribution in [1.29, 1.82) is 0 Å². The number of carbonyl (C=O) groups is 1. The molecule has 3 rings (SSSR count). The molecule has 1 aromatic rings. The van der Waals surface area contributed by atoms with Gasteiger partial charge in [-0.1, -0.05) is 6.92 Å². The second-order valence-corrected chi connectivity index (χ2v) is 5.95. The van der Waals surface area contributed by atoms with Crippen molar-refractivity contribution in [2.75, 3.05) is 50.8 Å². The number of amides is 1. The number of anilines is 1. The maximum absolute atomic E-state index is 12.4. The van der Waals surface area contributed by atoms with Gasteiger partial charge in [0.15, 0.2) is 0 Å². The highest BCUT2D eigenvalue weighted by atomic mass is 32.1. The summed E-state index contributed by atoms with van der Waals surface area (Å²) in [7, 11) is 0. The first-order valence-corrected chi connectivity index (χ1v) is 8.24. The Morgan fingerprint density at radius 1 is 1.43 bits per heavy atom. The first-order valence-electron chi connectivity index (χ1n) is 7.46. The number of nitrogens with one attached hydrogen (secondary N) is 1. The zero-order valence-electron chi connectivity index (χ0n) is 12.2. The molecule has 2 fully saturated rings. The predicted octanol–water partition coefficient (Wildman–Crippen LogP) is -0.262. The zero-order valence-corrected chi connectivity index (χ0v) is 13.1. The average molecular weight is 311 g/mol. The van der Waals surface area contributed by atoms with Gasteiger partial charge in [-0.3, -0.25) is 4.79 Å². The third-order valence-electron chi connectivity index (χ3n) is 3.84. The van der Waals surface area contributed by atoms with Gasteiger partial charge in [0.2, 0.25) is 5.13 Å². The number of morpholine rings is 1. The van der Waals surface area contributed by atoms with E-state index in [0.29, 0.717) is 13.2 Å². The number of carbonyl (C=O) groups excluding carboxylic acids is 1. The maximum Gasteiger partial charge on any atom is 0.253 e. The van der Waals surface area contributed by atoms with Crippen LogP contribution in [0.1, 0.15) is 12.7 Å². The van der Waals surface area contributed by atoms with E-state index in [0.717, 1.165) is 50.1 Å². The summed E-state index contributed by atoms with van der Waals surface area (Å²) >= 11 is 1.45. The van der Waals surface area contributed by atoms with Crippen molar-refractivity contribution in [2.24, 2.45) is 0 Å². The molecule has 0 saturated carbocycles. The van der Waals surface area contributed by atoms with Crippen molar-refractivity contribution in [3.8, 4) is 0 Å². The van der Waals surface area contributed by atoms with Gasteiger partial charge in [-0.25, -0.2) is 4.98 Å². The van der Waals surface area contributed by atoms with Gasteiger partial charge in [-0.05, 0) is 0 Å². The van der Waals surface area contributed by atoms with Gasteiger partial charge < -0.3 is 19.9 Å². The van der Waals surface area contributed by atoms with Gasteiger partial charge in [-0.2, -0.15) is 4.37 Å². The second kappa shape index (κ2) is 6.67. The lowest BCUT2D eigenvalue weighted by molar-refractivity contribution is -0.145. The van der Waals surface area contributed by atoms with Gasteiger partial charge in [0.1, 0.15) is 11.9 Å². The van der Waals surface area contributed by atoms with E-state index in [-0.39, 0.29) is 12.0 Å². The molecule has 1 unspecified atom stereocenters. The molecule has 7 nitrogen and oxygen atoms in total. The van der Waals surface area contributed by atoms with Crippen LogP contribution in [-0.4, -0.2) is 72.1 Å². The molecule has 2 aliphatic heterocycles. The second-order valence-electron chi connectivity index (χ2n) is 5.22. The highest BCUT2D eigenvalue weighted by Crippen LogP contribution is 2.19. The molecular formula is C13H21N5O2S. The monoisotopic (exact) mass is 311 g/mol. The standard InChI is InChI=1S/C13H21N5O2S/c1-2-11-15-13(21-16-11)18-6-4-17(5-7-18)12(19)10-9-14-3-8-20-10/h10,14H,2-9H2,1H3. The van der Waals surface area contributed by atoms with E-state index in [1.165, 1.54) is 11.5 Å². The molecular weight excluding hydrogens is 290 g/mol. The van der Waals surface area contributed by atoms with Gasteiger partial charge >= 0.3 is 0 Å². The number of aryl methyl sites for hydroxylation is 1. The van der Waals surface area contributed by atoms with Crippen LogP contribution in [0.15, 0.2) is 0 Å². The molecule has 0 spiro atoms. The van der Waals surface area contributed by atoms with E-state index in [2.05, 4.69) is 26.5 Å². The van der Waals surface area contributed by atoms with Gasteiger partial charge in [0.25, 0.3) is 5.91 Å². The molecule has 21 heavy (non-hydrogen) atoms. The summed E-state index contributed by atoms with van der Waals surface area (Å²) in [6.07, 6.45) is 0.541. The van der Waals surface area contributed by atoms with Gasteiger partial charge in [0.05, 0.1) is 6.61 Å². The molecule has 1 aromatic heterocycles. The molecule has 0 aliphatic carbocycles. The van der Waals surface area contributed by atoms with Crippen molar-refractivity contribution in [3.63, 3.8) is 0 Å². The Morgan fingerprint density at radius 3 is 2.86 bits per heavy atom. The van der Waals surface area contributed by atoms with Crippen molar-refractivity contribution in [3.05, 3.63) is 5.82 Å². The van der Waals surface area contributed by atoms with Crippen molar-refractivity contribution < 1.29 is 9.53 Å².